The number of carbonyl (C=O) groups is 2. The molecule has 0 aliphatic heterocycles. The summed E-state index contributed by atoms with van der Waals surface area (Å²) < 4.78 is 11.2. The number of amides is 2. The lowest BCUT2D eigenvalue weighted by Crippen LogP contribution is -2.32. The van der Waals surface area contributed by atoms with Crippen LogP contribution in [0.2, 0.25) is 0 Å². The predicted octanol–water partition coefficient (Wildman–Crippen LogP) is 0.980. The van der Waals surface area contributed by atoms with Crippen LogP contribution in [0.5, 0.6) is 5.75 Å². The van der Waals surface area contributed by atoms with Crippen LogP contribution in [0.3, 0.4) is 0 Å². The van der Waals surface area contributed by atoms with Gasteiger partial charge in [-0.25, -0.2) is 9.59 Å². The van der Waals surface area contributed by atoms with Gasteiger partial charge in [-0.3, -0.25) is 4.21 Å². The summed E-state index contributed by atoms with van der Waals surface area (Å²) >= 11 is 0. The highest BCUT2D eigenvalue weighted by Gasteiger charge is 2.14. The van der Waals surface area contributed by atoms with Crippen LogP contribution in [0.25, 0.3) is 0 Å². The maximum atomic E-state index is 11.5. The van der Waals surface area contributed by atoms with Crippen molar-refractivity contribution in [3.8, 4) is 5.75 Å². The SMILES string of the molecule is CCS(=O)CCNC(=O)Nc1cccc(C(=O)O)c1O. The van der Waals surface area contributed by atoms with Crippen LogP contribution in [-0.2, 0) is 10.8 Å². The first kappa shape index (κ1) is 16.0. The highest BCUT2D eigenvalue weighted by molar-refractivity contribution is 7.84. The number of carboxylic acid groups (broad SMARTS) is 1. The highest BCUT2D eigenvalue weighted by Crippen LogP contribution is 2.27. The number of carbonyl (C=O) groups excluding carboxylic acids is 1. The maximum absolute atomic E-state index is 11.5. The number of anilines is 1. The van der Waals surface area contributed by atoms with Crippen LogP contribution in [0.1, 0.15) is 17.3 Å². The number of hydrogen-bond donors (Lipinski definition) is 4. The molecule has 20 heavy (non-hydrogen) atoms. The van der Waals surface area contributed by atoms with Crippen molar-refractivity contribution in [3.63, 3.8) is 0 Å². The summed E-state index contributed by atoms with van der Waals surface area (Å²) in [5.74, 6) is -0.937. The molecule has 0 saturated carbocycles. The summed E-state index contributed by atoms with van der Waals surface area (Å²) in [5.41, 5.74) is -0.297. The maximum Gasteiger partial charge on any atom is 0.339 e. The van der Waals surface area contributed by atoms with E-state index < -0.39 is 28.5 Å². The Morgan fingerprint density at radius 2 is 2.05 bits per heavy atom. The molecule has 0 aliphatic carbocycles. The minimum Gasteiger partial charge on any atom is -0.505 e. The molecule has 1 aromatic rings. The van der Waals surface area contributed by atoms with Gasteiger partial charge in [0.1, 0.15) is 5.56 Å². The molecule has 1 rings (SSSR count). The van der Waals surface area contributed by atoms with Gasteiger partial charge in [0.05, 0.1) is 5.69 Å². The van der Waals surface area contributed by atoms with Gasteiger partial charge in [0.15, 0.2) is 5.75 Å². The summed E-state index contributed by atoms with van der Waals surface area (Å²) in [7, 11) is -0.974. The number of phenols is 1. The van der Waals surface area contributed by atoms with Crippen molar-refractivity contribution in [2.75, 3.05) is 23.4 Å². The fourth-order valence-corrected chi connectivity index (χ4v) is 2.02. The van der Waals surface area contributed by atoms with Gasteiger partial charge in [0.2, 0.25) is 0 Å². The third-order valence-electron chi connectivity index (χ3n) is 2.45. The van der Waals surface area contributed by atoms with Gasteiger partial charge in [-0.1, -0.05) is 13.0 Å². The molecule has 0 aromatic heterocycles. The Balaban J connectivity index is 2.60. The third kappa shape index (κ3) is 4.54. The van der Waals surface area contributed by atoms with Gasteiger partial charge in [-0.15, -0.1) is 0 Å². The molecule has 7 nitrogen and oxygen atoms in total. The number of aromatic carboxylic acids is 1. The number of para-hydroxylation sites is 1. The number of nitrogens with one attached hydrogen (secondary N) is 2. The Labute approximate surface area is 118 Å². The van der Waals surface area contributed by atoms with Crippen LogP contribution in [0.4, 0.5) is 10.5 Å². The molecule has 0 spiro atoms. The number of rotatable bonds is 6. The molecule has 2 amide bonds. The molecule has 0 aliphatic rings. The number of benzene rings is 1. The van der Waals surface area contributed by atoms with E-state index in [9.17, 15) is 18.9 Å². The second-order valence-electron chi connectivity index (χ2n) is 3.82. The van der Waals surface area contributed by atoms with Crippen molar-refractivity contribution in [2.24, 2.45) is 0 Å². The fourth-order valence-electron chi connectivity index (χ4n) is 1.41. The summed E-state index contributed by atoms with van der Waals surface area (Å²) in [4.78, 5) is 22.4. The van der Waals surface area contributed by atoms with E-state index in [2.05, 4.69) is 10.6 Å². The molecule has 4 N–H and O–H groups in total. The zero-order valence-electron chi connectivity index (χ0n) is 10.9. The third-order valence-corrected chi connectivity index (χ3v) is 3.76. The first-order valence-electron chi connectivity index (χ1n) is 5.90. The topological polar surface area (TPSA) is 116 Å². The molecular formula is C12H16N2O5S. The van der Waals surface area contributed by atoms with Crippen molar-refractivity contribution >= 4 is 28.5 Å². The average Bonchev–Trinajstić information content (AvgIpc) is 2.40. The molecule has 0 radical (unpaired) electrons. The first-order chi connectivity index (χ1) is 9.45. The van der Waals surface area contributed by atoms with E-state index in [1.54, 1.807) is 6.92 Å². The minimum absolute atomic E-state index is 0.000913. The zero-order valence-corrected chi connectivity index (χ0v) is 11.7. The van der Waals surface area contributed by atoms with Gasteiger partial charge < -0.3 is 20.8 Å². The van der Waals surface area contributed by atoms with Gasteiger partial charge in [-0.05, 0) is 12.1 Å². The zero-order chi connectivity index (χ0) is 15.1. The molecule has 0 saturated heterocycles. The molecule has 0 heterocycles. The molecule has 110 valence electrons. The second kappa shape index (κ2) is 7.49. The van der Waals surface area contributed by atoms with Gasteiger partial charge in [0.25, 0.3) is 0 Å². The van der Waals surface area contributed by atoms with Crippen molar-refractivity contribution < 1.29 is 24.0 Å². The first-order valence-corrected chi connectivity index (χ1v) is 7.39. The molecular weight excluding hydrogens is 284 g/mol. The number of urea groups is 1. The normalized spacial score (nSPS) is 11.7. The smallest absolute Gasteiger partial charge is 0.339 e. The van der Waals surface area contributed by atoms with E-state index in [4.69, 9.17) is 5.11 Å². The fraction of sp³-hybridized carbons (Fsp3) is 0.333. The van der Waals surface area contributed by atoms with Crippen LogP contribution in [-0.4, -0.2) is 44.5 Å². The van der Waals surface area contributed by atoms with Crippen LogP contribution < -0.4 is 10.6 Å². The molecule has 0 fully saturated rings. The van der Waals surface area contributed by atoms with E-state index in [-0.39, 0.29) is 17.8 Å². The quantitative estimate of drug-likeness (QED) is 0.584. The lowest BCUT2D eigenvalue weighted by molar-refractivity contribution is 0.0693. The Morgan fingerprint density at radius 3 is 2.65 bits per heavy atom. The molecule has 1 atom stereocenters. The standard InChI is InChI=1S/C12H16N2O5S/c1-2-20(19)7-6-13-12(18)14-9-5-3-4-8(10(9)15)11(16)17/h3-5,15H,2,6-7H2,1H3,(H,16,17)(H2,13,14,18). The van der Waals surface area contributed by atoms with Crippen LogP contribution >= 0.6 is 0 Å². The Morgan fingerprint density at radius 1 is 1.35 bits per heavy atom. The van der Waals surface area contributed by atoms with Crippen molar-refractivity contribution in [1.82, 2.24) is 5.32 Å². The Hall–Kier alpha value is -2.09. The minimum atomic E-state index is -1.29. The lowest BCUT2D eigenvalue weighted by Gasteiger charge is -2.10. The predicted molar refractivity (Wildman–Crippen MR) is 75.6 cm³/mol. The molecule has 0 bridgehead atoms. The Bertz CT molecular complexity index is 533. The Kier molecular flexibility index (Phi) is 5.98. The summed E-state index contributed by atoms with van der Waals surface area (Å²) in [6, 6.07) is 3.41. The van der Waals surface area contributed by atoms with Crippen molar-refractivity contribution in [3.05, 3.63) is 23.8 Å². The van der Waals surface area contributed by atoms with E-state index >= 15 is 0 Å². The number of hydrogen-bond acceptors (Lipinski definition) is 4. The average molecular weight is 300 g/mol. The molecule has 1 aromatic carbocycles. The largest absolute Gasteiger partial charge is 0.505 e. The monoisotopic (exact) mass is 300 g/mol. The molecule has 1 unspecified atom stereocenters. The van der Waals surface area contributed by atoms with Gasteiger partial charge >= 0.3 is 12.0 Å². The summed E-state index contributed by atoms with van der Waals surface area (Å²) in [6.07, 6.45) is 0. The van der Waals surface area contributed by atoms with Gasteiger partial charge in [0, 0.05) is 28.9 Å². The number of aromatic hydroxyl groups is 1. The highest BCUT2D eigenvalue weighted by atomic mass is 32.2. The van der Waals surface area contributed by atoms with Crippen LogP contribution in [0, 0.1) is 0 Å². The van der Waals surface area contributed by atoms with E-state index in [0.29, 0.717) is 11.5 Å². The van der Waals surface area contributed by atoms with E-state index in [1.807, 2.05) is 0 Å². The van der Waals surface area contributed by atoms with E-state index in [1.165, 1.54) is 18.2 Å². The van der Waals surface area contributed by atoms with Crippen molar-refractivity contribution in [1.29, 1.82) is 0 Å². The summed E-state index contributed by atoms with van der Waals surface area (Å²) in [5, 5.41) is 23.3. The second-order valence-corrected chi connectivity index (χ2v) is 5.69. The van der Waals surface area contributed by atoms with Gasteiger partial charge in [-0.2, -0.15) is 0 Å². The number of carboxylic acids is 1. The van der Waals surface area contributed by atoms with Crippen molar-refractivity contribution in [2.45, 2.75) is 6.92 Å². The summed E-state index contributed by atoms with van der Waals surface area (Å²) in [6.45, 7) is 2.01. The lowest BCUT2D eigenvalue weighted by atomic mass is 10.2. The molecule has 8 heteroatoms. The van der Waals surface area contributed by atoms with E-state index in [0.717, 1.165) is 0 Å². The van der Waals surface area contributed by atoms with Crippen LogP contribution in [0.15, 0.2) is 18.2 Å².